The number of likely N-dealkylation sites (tertiary alicyclic amines) is 1. The van der Waals surface area contributed by atoms with E-state index in [1.165, 1.54) is 0 Å². The van der Waals surface area contributed by atoms with Gasteiger partial charge in [0.05, 0.1) is 12.6 Å². The third-order valence-corrected chi connectivity index (χ3v) is 7.93. The first-order valence-electron chi connectivity index (χ1n) is 12.7. The number of nitrogens with zero attached hydrogens (tertiary/aromatic N) is 5. The molecule has 1 aromatic carbocycles. The van der Waals surface area contributed by atoms with Crippen LogP contribution in [0.15, 0.2) is 30.3 Å². The highest BCUT2D eigenvalue weighted by Gasteiger charge is 2.43. The number of carboxylic acids is 1. The van der Waals surface area contributed by atoms with Gasteiger partial charge in [-0.2, -0.15) is 4.80 Å². The van der Waals surface area contributed by atoms with Gasteiger partial charge in [-0.1, -0.05) is 30.3 Å². The molecule has 2 saturated heterocycles. The Kier molecular flexibility index (Phi) is 10.3. The van der Waals surface area contributed by atoms with Crippen LogP contribution in [-0.2, 0) is 14.3 Å². The number of fused-ring (bicyclic) bond motifs is 1. The van der Waals surface area contributed by atoms with Crippen molar-refractivity contribution in [2.75, 3.05) is 26.2 Å². The maximum absolute atomic E-state index is 12.8. The molecule has 1 aliphatic carbocycles. The predicted octanol–water partition coefficient (Wildman–Crippen LogP) is 2.84. The number of rotatable bonds is 7. The van der Waals surface area contributed by atoms with Crippen molar-refractivity contribution in [3.8, 4) is 11.4 Å². The van der Waals surface area contributed by atoms with Crippen molar-refractivity contribution < 1.29 is 19.4 Å². The molecule has 10 nitrogen and oxygen atoms in total. The highest BCUT2D eigenvalue weighted by Crippen LogP contribution is 2.40. The Morgan fingerprint density at radius 3 is 2.62 bits per heavy atom. The number of carboxylic acid groups (broad SMARTS) is 1. The molecule has 0 radical (unpaired) electrons. The summed E-state index contributed by atoms with van der Waals surface area (Å²) in [6.07, 6.45) is 4.48. The summed E-state index contributed by atoms with van der Waals surface area (Å²) in [6.45, 7) is 4.43. The first-order valence-corrected chi connectivity index (χ1v) is 12.7. The molecule has 0 spiro atoms. The van der Waals surface area contributed by atoms with E-state index in [9.17, 15) is 14.7 Å². The van der Waals surface area contributed by atoms with E-state index in [0.717, 1.165) is 37.9 Å². The number of hydrogen-bond donors (Lipinski definition) is 2. The Labute approximate surface area is 229 Å². The molecule has 6 unspecified atom stereocenters. The molecule has 0 amide bonds. The van der Waals surface area contributed by atoms with Crippen LogP contribution in [0.4, 0.5) is 0 Å². The molecule has 3 heterocycles. The van der Waals surface area contributed by atoms with Crippen LogP contribution in [0, 0.1) is 17.8 Å². The van der Waals surface area contributed by atoms with E-state index in [1.807, 2.05) is 37.3 Å². The third kappa shape index (κ3) is 6.60. The Bertz CT molecular complexity index is 1040. The lowest BCUT2D eigenvalue weighted by molar-refractivity contribution is -0.149. The van der Waals surface area contributed by atoms with E-state index in [-0.39, 0.29) is 42.9 Å². The number of esters is 1. The van der Waals surface area contributed by atoms with E-state index < -0.39 is 12.0 Å². The van der Waals surface area contributed by atoms with Crippen molar-refractivity contribution in [1.29, 1.82) is 0 Å². The lowest BCUT2D eigenvalue weighted by atomic mass is 9.69. The summed E-state index contributed by atoms with van der Waals surface area (Å²) in [5, 5.41) is 25.8. The molecule has 6 atom stereocenters. The normalized spacial score (nSPS) is 29.4. The van der Waals surface area contributed by atoms with Crippen molar-refractivity contribution >= 4 is 36.8 Å². The third-order valence-electron chi connectivity index (χ3n) is 7.93. The number of aliphatic carboxylic acids is 1. The van der Waals surface area contributed by atoms with Crippen molar-refractivity contribution in [2.45, 2.75) is 57.2 Å². The molecular formula is C25H36Cl2N6O4. The standard InChI is InChI=1S/C25H34N6O4.2ClH/c1-2-35-25(34)22-12-20(31-28-23(27-29-31)17-6-4-3-5-7-17)15-30(22)14-16-8-9-18-13-26-21(24(32)33)11-19(18)10-16;;/h3-7,16,18-22,26H,2,8-15H2,1H3,(H,32,33);2*1H. The van der Waals surface area contributed by atoms with Crippen LogP contribution in [-0.4, -0.2) is 80.5 Å². The van der Waals surface area contributed by atoms with Crippen molar-refractivity contribution in [3.63, 3.8) is 0 Å². The predicted molar refractivity (Wildman–Crippen MR) is 142 cm³/mol. The fraction of sp³-hybridized carbons (Fsp3) is 0.640. The second-order valence-electron chi connectivity index (χ2n) is 10.1. The van der Waals surface area contributed by atoms with Gasteiger partial charge in [-0.15, -0.1) is 35.0 Å². The first kappa shape index (κ1) is 29.3. The largest absolute Gasteiger partial charge is 0.480 e. The molecule has 2 N–H and O–H groups in total. The zero-order valence-corrected chi connectivity index (χ0v) is 22.6. The summed E-state index contributed by atoms with van der Waals surface area (Å²) < 4.78 is 5.41. The van der Waals surface area contributed by atoms with Crippen molar-refractivity contribution in [3.05, 3.63) is 30.3 Å². The maximum Gasteiger partial charge on any atom is 0.323 e. The Morgan fingerprint density at radius 1 is 1.11 bits per heavy atom. The molecule has 2 aromatic rings. The summed E-state index contributed by atoms with van der Waals surface area (Å²) in [4.78, 5) is 28.2. The number of aromatic nitrogens is 4. The number of tetrazole rings is 1. The van der Waals surface area contributed by atoms with Crippen molar-refractivity contribution in [1.82, 2.24) is 30.4 Å². The number of hydrogen-bond acceptors (Lipinski definition) is 8. The fourth-order valence-corrected chi connectivity index (χ4v) is 6.16. The number of nitrogens with one attached hydrogen (secondary N) is 1. The smallest absolute Gasteiger partial charge is 0.323 e. The number of piperidine rings is 1. The topological polar surface area (TPSA) is 122 Å². The molecule has 1 aromatic heterocycles. The second kappa shape index (κ2) is 13.0. The number of halogens is 2. The number of benzene rings is 1. The quantitative estimate of drug-likeness (QED) is 0.497. The Hall–Kier alpha value is -2.27. The Balaban J connectivity index is 0.00000190. The molecule has 1 saturated carbocycles. The van der Waals surface area contributed by atoms with Crippen LogP contribution in [0.1, 0.15) is 45.1 Å². The van der Waals surface area contributed by atoms with E-state index in [0.29, 0.717) is 49.6 Å². The zero-order valence-electron chi connectivity index (χ0n) is 20.9. The molecule has 3 fully saturated rings. The molecule has 37 heavy (non-hydrogen) atoms. The minimum absolute atomic E-state index is 0. The molecule has 0 bridgehead atoms. The molecule has 204 valence electrons. The number of ether oxygens (including phenoxy) is 1. The summed E-state index contributed by atoms with van der Waals surface area (Å²) in [6, 6.07) is 8.91. The SMILES string of the molecule is CCOC(=O)C1CC(n2nnc(-c3ccccc3)n2)CN1CC1CCC2CNC(C(=O)O)CC2C1.Cl.Cl. The van der Waals surface area contributed by atoms with E-state index >= 15 is 0 Å². The second-order valence-corrected chi connectivity index (χ2v) is 10.1. The van der Waals surface area contributed by atoms with E-state index in [2.05, 4.69) is 25.6 Å². The average molecular weight is 556 g/mol. The number of carbonyl (C=O) groups is 2. The highest BCUT2D eigenvalue weighted by atomic mass is 35.5. The van der Waals surface area contributed by atoms with Gasteiger partial charge in [0.25, 0.3) is 0 Å². The van der Waals surface area contributed by atoms with E-state index in [1.54, 1.807) is 4.80 Å². The maximum atomic E-state index is 12.8. The van der Waals surface area contributed by atoms with Gasteiger partial charge in [-0.25, -0.2) is 0 Å². The van der Waals surface area contributed by atoms with Crippen LogP contribution in [0.25, 0.3) is 11.4 Å². The monoisotopic (exact) mass is 554 g/mol. The first-order chi connectivity index (χ1) is 17.0. The molecule has 2 aliphatic heterocycles. The van der Waals surface area contributed by atoms with Crippen LogP contribution in [0.5, 0.6) is 0 Å². The van der Waals surface area contributed by atoms with Gasteiger partial charge in [0, 0.05) is 18.7 Å². The Morgan fingerprint density at radius 2 is 1.89 bits per heavy atom. The minimum atomic E-state index is -0.759. The molecular weight excluding hydrogens is 519 g/mol. The fourth-order valence-electron chi connectivity index (χ4n) is 6.16. The lowest BCUT2D eigenvalue weighted by Gasteiger charge is -2.42. The summed E-state index contributed by atoms with van der Waals surface area (Å²) >= 11 is 0. The van der Waals surface area contributed by atoms with Gasteiger partial charge < -0.3 is 15.2 Å². The molecule has 3 aliphatic rings. The average Bonchev–Trinajstić information content (AvgIpc) is 3.52. The zero-order chi connectivity index (χ0) is 24.4. The van der Waals surface area contributed by atoms with Crippen LogP contribution in [0.3, 0.4) is 0 Å². The highest BCUT2D eigenvalue weighted by molar-refractivity contribution is 5.85. The van der Waals surface area contributed by atoms with Gasteiger partial charge in [-0.3, -0.25) is 14.5 Å². The van der Waals surface area contributed by atoms with Crippen molar-refractivity contribution in [2.24, 2.45) is 17.8 Å². The van der Waals surface area contributed by atoms with Gasteiger partial charge in [-0.05, 0) is 68.5 Å². The lowest BCUT2D eigenvalue weighted by Crippen LogP contribution is -2.50. The summed E-state index contributed by atoms with van der Waals surface area (Å²) in [7, 11) is 0. The summed E-state index contributed by atoms with van der Waals surface area (Å²) in [5.41, 5.74) is 0.911. The summed E-state index contributed by atoms with van der Waals surface area (Å²) in [5.74, 6) is 1.02. The number of carbonyl (C=O) groups excluding carboxylic acids is 1. The van der Waals surface area contributed by atoms with Crippen LogP contribution >= 0.6 is 24.8 Å². The molecule has 5 rings (SSSR count). The van der Waals surface area contributed by atoms with Gasteiger partial charge in [0.1, 0.15) is 12.1 Å². The molecule has 12 heteroatoms. The van der Waals surface area contributed by atoms with Gasteiger partial charge in [0.2, 0.25) is 5.82 Å². The van der Waals surface area contributed by atoms with Gasteiger partial charge >= 0.3 is 11.9 Å². The van der Waals surface area contributed by atoms with Crippen LogP contribution in [0.2, 0.25) is 0 Å². The van der Waals surface area contributed by atoms with Crippen LogP contribution < -0.4 is 5.32 Å². The van der Waals surface area contributed by atoms with E-state index in [4.69, 9.17) is 4.74 Å². The van der Waals surface area contributed by atoms with Gasteiger partial charge in [0.15, 0.2) is 0 Å². The minimum Gasteiger partial charge on any atom is -0.480 e.